The van der Waals surface area contributed by atoms with Gasteiger partial charge in [-0.05, 0) is 36.4 Å². The summed E-state index contributed by atoms with van der Waals surface area (Å²) in [5.74, 6) is 3.72. The van der Waals surface area contributed by atoms with Crippen LogP contribution in [0.4, 0.5) is 17.3 Å². The summed E-state index contributed by atoms with van der Waals surface area (Å²) in [5, 5.41) is 6.45. The lowest BCUT2D eigenvalue weighted by atomic mass is 10.3. The van der Waals surface area contributed by atoms with Crippen LogP contribution in [-0.2, 0) is 0 Å². The molecule has 7 nitrogen and oxygen atoms in total. The normalized spacial score (nSPS) is 10.1. The molecule has 0 aliphatic rings. The fraction of sp³-hybridized carbons (Fsp3) is 0.200. The molecule has 1 heterocycles. The van der Waals surface area contributed by atoms with E-state index in [0.717, 1.165) is 22.9 Å². The van der Waals surface area contributed by atoms with Crippen molar-refractivity contribution in [1.82, 2.24) is 9.97 Å². The zero-order valence-corrected chi connectivity index (χ0v) is 15.3. The third-order valence-corrected chi connectivity index (χ3v) is 3.77. The van der Waals surface area contributed by atoms with Crippen LogP contribution in [0.1, 0.15) is 0 Å². The second-order valence-electron chi connectivity index (χ2n) is 5.56. The summed E-state index contributed by atoms with van der Waals surface area (Å²) < 4.78 is 16.2. The Morgan fingerprint density at radius 2 is 1.59 bits per heavy atom. The summed E-state index contributed by atoms with van der Waals surface area (Å²) in [6, 6.07) is 17.0. The van der Waals surface area contributed by atoms with Gasteiger partial charge in [-0.3, -0.25) is 0 Å². The number of nitrogens with one attached hydrogen (secondary N) is 2. The Bertz CT molecular complexity index is 856. The first kappa shape index (κ1) is 18.3. The smallest absolute Gasteiger partial charge is 0.142 e. The highest BCUT2D eigenvalue weighted by molar-refractivity contribution is 5.65. The molecule has 2 aromatic carbocycles. The molecule has 27 heavy (non-hydrogen) atoms. The molecule has 0 aliphatic carbocycles. The van der Waals surface area contributed by atoms with Crippen molar-refractivity contribution < 1.29 is 14.2 Å². The van der Waals surface area contributed by atoms with Gasteiger partial charge in [0, 0.05) is 6.07 Å². The van der Waals surface area contributed by atoms with Crippen molar-refractivity contribution in [2.24, 2.45) is 0 Å². The minimum absolute atomic E-state index is 0.506. The first-order valence-corrected chi connectivity index (χ1v) is 8.51. The second-order valence-corrected chi connectivity index (χ2v) is 5.56. The number of hydrogen-bond acceptors (Lipinski definition) is 7. The van der Waals surface area contributed by atoms with Crippen LogP contribution in [-0.4, -0.2) is 37.3 Å². The molecule has 0 saturated carbocycles. The molecule has 0 aliphatic heterocycles. The molecule has 0 bridgehead atoms. The number of rotatable bonds is 9. The van der Waals surface area contributed by atoms with Crippen LogP contribution in [0.25, 0.3) is 0 Å². The monoisotopic (exact) mass is 366 g/mol. The molecule has 0 radical (unpaired) electrons. The molecule has 0 atom stereocenters. The van der Waals surface area contributed by atoms with Crippen molar-refractivity contribution in [3.8, 4) is 17.2 Å². The van der Waals surface area contributed by atoms with Crippen LogP contribution < -0.4 is 24.8 Å². The van der Waals surface area contributed by atoms with E-state index in [1.165, 1.54) is 6.33 Å². The number of aromatic nitrogens is 2. The van der Waals surface area contributed by atoms with Gasteiger partial charge in [0.15, 0.2) is 0 Å². The standard InChI is InChI=1S/C20H22N4O3/c1-25-15-7-9-16(10-8-15)27-12-11-21-19-13-20(23-14-22-19)24-17-5-3-4-6-18(17)26-2/h3-10,13-14H,11-12H2,1-2H3,(H2,21,22,23,24). The maximum atomic E-state index is 5.69. The van der Waals surface area contributed by atoms with E-state index in [4.69, 9.17) is 14.2 Å². The van der Waals surface area contributed by atoms with Crippen LogP contribution in [0.3, 0.4) is 0 Å². The van der Waals surface area contributed by atoms with Crippen molar-refractivity contribution in [3.05, 3.63) is 60.9 Å². The van der Waals surface area contributed by atoms with Crippen molar-refractivity contribution in [1.29, 1.82) is 0 Å². The summed E-state index contributed by atoms with van der Waals surface area (Å²) in [6.07, 6.45) is 1.50. The molecule has 0 fully saturated rings. The Hall–Kier alpha value is -3.48. The maximum absolute atomic E-state index is 5.69. The number of para-hydroxylation sites is 2. The third kappa shape index (κ3) is 5.24. The Labute approximate surface area is 158 Å². The molecule has 140 valence electrons. The van der Waals surface area contributed by atoms with Crippen LogP contribution in [0.15, 0.2) is 60.9 Å². The van der Waals surface area contributed by atoms with E-state index in [-0.39, 0.29) is 0 Å². The van der Waals surface area contributed by atoms with E-state index >= 15 is 0 Å². The third-order valence-electron chi connectivity index (χ3n) is 3.77. The van der Waals surface area contributed by atoms with E-state index in [1.807, 2.05) is 54.6 Å². The summed E-state index contributed by atoms with van der Waals surface area (Å²) in [4.78, 5) is 8.47. The largest absolute Gasteiger partial charge is 0.497 e. The number of nitrogens with zero attached hydrogens (tertiary/aromatic N) is 2. The van der Waals surface area contributed by atoms with Crippen molar-refractivity contribution in [3.63, 3.8) is 0 Å². The minimum Gasteiger partial charge on any atom is -0.497 e. The average Bonchev–Trinajstić information content (AvgIpc) is 2.72. The Kier molecular flexibility index (Phi) is 6.30. The quantitative estimate of drug-likeness (QED) is 0.559. The van der Waals surface area contributed by atoms with E-state index < -0.39 is 0 Å². The number of ether oxygens (including phenoxy) is 3. The van der Waals surface area contributed by atoms with Gasteiger partial charge in [0.05, 0.1) is 26.5 Å². The molecule has 2 N–H and O–H groups in total. The number of hydrogen-bond donors (Lipinski definition) is 2. The van der Waals surface area contributed by atoms with Crippen molar-refractivity contribution >= 4 is 17.3 Å². The van der Waals surface area contributed by atoms with E-state index in [0.29, 0.717) is 24.8 Å². The van der Waals surface area contributed by atoms with E-state index in [1.54, 1.807) is 14.2 Å². The summed E-state index contributed by atoms with van der Waals surface area (Å²) >= 11 is 0. The lowest BCUT2D eigenvalue weighted by molar-refractivity contribution is 0.331. The predicted molar refractivity (Wildman–Crippen MR) is 105 cm³/mol. The van der Waals surface area contributed by atoms with Gasteiger partial charge in [0.1, 0.15) is 41.8 Å². The zero-order valence-electron chi connectivity index (χ0n) is 15.3. The van der Waals surface area contributed by atoms with Crippen molar-refractivity contribution in [2.45, 2.75) is 0 Å². The maximum Gasteiger partial charge on any atom is 0.142 e. The molecular formula is C20H22N4O3. The SMILES string of the molecule is COc1ccc(OCCNc2cc(Nc3ccccc3OC)ncn2)cc1. The lowest BCUT2D eigenvalue weighted by Gasteiger charge is -2.12. The Morgan fingerprint density at radius 1 is 0.852 bits per heavy atom. The Morgan fingerprint density at radius 3 is 2.37 bits per heavy atom. The fourth-order valence-electron chi connectivity index (χ4n) is 2.43. The molecule has 7 heteroatoms. The van der Waals surface area contributed by atoms with Crippen LogP contribution in [0.5, 0.6) is 17.2 Å². The van der Waals surface area contributed by atoms with E-state index in [2.05, 4.69) is 20.6 Å². The molecule has 0 amide bonds. The van der Waals surface area contributed by atoms with Gasteiger partial charge in [-0.2, -0.15) is 0 Å². The molecule has 1 aromatic heterocycles. The van der Waals surface area contributed by atoms with Gasteiger partial charge in [-0.25, -0.2) is 9.97 Å². The minimum atomic E-state index is 0.506. The van der Waals surface area contributed by atoms with Gasteiger partial charge in [0.25, 0.3) is 0 Å². The van der Waals surface area contributed by atoms with Crippen LogP contribution in [0.2, 0.25) is 0 Å². The molecule has 0 saturated heterocycles. The molecule has 0 unspecified atom stereocenters. The molecule has 3 aromatic rings. The van der Waals surface area contributed by atoms with Gasteiger partial charge in [-0.15, -0.1) is 0 Å². The fourth-order valence-corrected chi connectivity index (χ4v) is 2.43. The number of methoxy groups -OCH3 is 2. The number of anilines is 3. The summed E-state index contributed by atoms with van der Waals surface area (Å²) in [6.45, 7) is 1.11. The first-order valence-electron chi connectivity index (χ1n) is 8.51. The Balaban J connectivity index is 1.51. The summed E-state index contributed by atoms with van der Waals surface area (Å²) in [5.41, 5.74) is 0.840. The lowest BCUT2D eigenvalue weighted by Crippen LogP contribution is -2.12. The highest BCUT2D eigenvalue weighted by Gasteiger charge is 2.04. The molecule has 3 rings (SSSR count). The molecular weight excluding hydrogens is 344 g/mol. The average molecular weight is 366 g/mol. The van der Waals surface area contributed by atoms with Crippen LogP contribution >= 0.6 is 0 Å². The van der Waals surface area contributed by atoms with Crippen LogP contribution in [0, 0.1) is 0 Å². The van der Waals surface area contributed by atoms with Gasteiger partial charge in [0.2, 0.25) is 0 Å². The topological polar surface area (TPSA) is 77.5 Å². The predicted octanol–water partition coefficient (Wildman–Crippen LogP) is 3.73. The zero-order chi connectivity index (χ0) is 18.9. The first-order chi connectivity index (χ1) is 13.3. The van der Waals surface area contributed by atoms with Gasteiger partial charge < -0.3 is 24.8 Å². The number of benzene rings is 2. The van der Waals surface area contributed by atoms with Gasteiger partial charge in [-0.1, -0.05) is 12.1 Å². The highest BCUT2D eigenvalue weighted by Crippen LogP contribution is 2.26. The van der Waals surface area contributed by atoms with Crippen molar-refractivity contribution in [2.75, 3.05) is 38.0 Å². The second kappa shape index (κ2) is 9.28. The van der Waals surface area contributed by atoms with Gasteiger partial charge >= 0.3 is 0 Å². The highest BCUT2D eigenvalue weighted by atomic mass is 16.5. The van der Waals surface area contributed by atoms with E-state index in [9.17, 15) is 0 Å². The summed E-state index contributed by atoms with van der Waals surface area (Å²) in [7, 11) is 3.27. The molecule has 0 spiro atoms.